The summed E-state index contributed by atoms with van der Waals surface area (Å²) in [5.74, 6) is 0.736. The second-order valence-corrected chi connectivity index (χ2v) is 5.97. The fourth-order valence-corrected chi connectivity index (χ4v) is 2.85. The van der Waals surface area contributed by atoms with E-state index < -0.39 is 0 Å². The highest BCUT2D eigenvalue weighted by molar-refractivity contribution is 6.31. The smallest absolute Gasteiger partial charge is 0.258 e. The molecule has 25 heavy (non-hydrogen) atoms. The van der Waals surface area contributed by atoms with Crippen LogP contribution in [0.3, 0.4) is 0 Å². The van der Waals surface area contributed by atoms with Crippen LogP contribution in [0.15, 0.2) is 48.5 Å². The van der Waals surface area contributed by atoms with Crippen molar-refractivity contribution in [1.82, 2.24) is 19.6 Å². The minimum Gasteiger partial charge on any atom is -0.289 e. The predicted molar refractivity (Wildman–Crippen MR) is 97.1 cm³/mol. The Kier molecular flexibility index (Phi) is 3.82. The van der Waals surface area contributed by atoms with Crippen molar-refractivity contribution < 1.29 is 4.79 Å². The fourth-order valence-electron chi connectivity index (χ4n) is 2.68. The van der Waals surface area contributed by atoms with Gasteiger partial charge in [-0.3, -0.25) is 10.1 Å². The molecule has 4 aromatic rings. The summed E-state index contributed by atoms with van der Waals surface area (Å²) in [7, 11) is 0. The Balaban J connectivity index is 1.82. The SMILES string of the molecule is CCc1nc2ccc(Cl)cc2c2nc(NC(=O)c3ccccc3)nn12. The van der Waals surface area contributed by atoms with Crippen LogP contribution in [0.5, 0.6) is 0 Å². The number of carbonyl (C=O) groups is 1. The number of carbonyl (C=O) groups excluding carboxylic acids is 1. The van der Waals surface area contributed by atoms with Crippen LogP contribution in [0.2, 0.25) is 5.02 Å². The number of hydrogen-bond acceptors (Lipinski definition) is 4. The summed E-state index contributed by atoms with van der Waals surface area (Å²) in [5, 5.41) is 8.52. The first-order chi connectivity index (χ1) is 12.2. The lowest BCUT2D eigenvalue weighted by Gasteiger charge is -2.04. The molecule has 2 aromatic carbocycles. The Labute approximate surface area is 148 Å². The summed E-state index contributed by atoms with van der Waals surface area (Å²) in [4.78, 5) is 21.4. The van der Waals surface area contributed by atoms with E-state index in [1.54, 1.807) is 40.9 Å². The monoisotopic (exact) mass is 351 g/mol. The molecule has 2 aromatic heterocycles. The van der Waals surface area contributed by atoms with Gasteiger partial charge in [0.05, 0.1) is 5.52 Å². The quantitative estimate of drug-likeness (QED) is 0.610. The van der Waals surface area contributed by atoms with Crippen LogP contribution >= 0.6 is 11.6 Å². The van der Waals surface area contributed by atoms with Gasteiger partial charge >= 0.3 is 0 Å². The molecular formula is C18H14ClN5O. The topological polar surface area (TPSA) is 72.2 Å². The number of nitrogens with one attached hydrogen (secondary N) is 1. The van der Waals surface area contributed by atoms with Crippen molar-refractivity contribution in [3.63, 3.8) is 0 Å². The molecule has 0 spiro atoms. The van der Waals surface area contributed by atoms with Crippen LogP contribution < -0.4 is 5.32 Å². The van der Waals surface area contributed by atoms with E-state index in [9.17, 15) is 4.79 Å². The van der Waals surface area contributed by atoms with Gasteiger partial charge in [0.1, 0.15) is 5.82 Å². The molecule has 0 unspecified atom stereocenters. The molecule has 0 aliphatic carbocycles. The minimum absolute atomic E-state index is 0.234. The molecule has 0 aliphatic rings. The second kappa shape index (κ2) is 6.14. The summed E-state index contributed by atoms with van der Waals surface area (Å²) in [6, 6.07) is 14.4. The molecule has 0 fully saturated rings. The zero-order valence-electron chi connectivity index (χ0n) is 13.4. The highest BCUT2D eigenvalue weighted by Gasteiger charge is 2.15. The lowest BCUT2D eigenvalue weighted by atomic mass is 10.2. The Morgan fingerprint density at radius 3 is 2.72 bits per heavy atom. The number of hydrogen-bond donors (Lipinski definition) is 1. The molecule has 0 aliphatic heterocycles. The van der Waals surface area contributed by atoms with E-state index in [2.05, 4.69) is 20.4 Å². The Hall–Kier alpha value is -2.99. The number of rotatable bonds is 3. The molecule has 4 rings (SSSR count). The summed E-state index contributed by atoms with van der Waals surface area (Å²) >= 11 is 6.11. The van der Waals surface area contributed by atoms with Gasteiger partial charge in [-0.1, -0.05) is 36.7 Å². The molecule has 0 radical (unpaired) electrons. The number of benzene rings is 2. The van der Waals surface area contributed by atoms with E-state index in [1.165, 1.54) is 0 Å². The van der Waals surface area contributed by atoms with Gasteiger partial charge in [0.15, 0.2) is 5.65 Å². The van der Waals surface area contributed by atoms with Gasteiger partial charge in [0.2, 0.25) is 5.95 Å². The molecule has 0 bridgehead atoms. The van der Waals surface area contributed by atoms with Gasteiger partial charge in [0.25, 0.3) is 5.91 Å². The van der Waals surface area contributed by atoms with Crippen LogP contribution in [-0.2, 0) is 6.42 Å². The van der Waals surface area contributed by atoms with Gasteiger partial charge in [-0.05, 0) is 30.3 Å². The van der Waals surface area contributed by atoms with Crippen molar-refractivity contribution in [3.8, 4) is 0 Å². The molecule has 0 saturated carbocycles. The Morgan fingerprint density at radius 2 is 1.96 bits per heavy atom. The standard InChI is InChI=1S/C18H14ClN5O/c1-2-15-20-14-9-8-12(19)10-13(14)16-21-18(23-24(15)16)22-17(25)11-6-4-3-5-7-11/h3-10H,2H2,1H3,(H,22,23,25). The van der Waals surface area contributed by atoms with Crippen molar-refractivity contribution in [2.24, 2.45) is 0 Å². The molecule has 7 heteroatoms. The maximum Gasteiger partial charge on any atom is 0.258 e. The van der Waals surface area contributed by atoms with Crippen molar-refractivity contribution >= 4 is 40.0 Å². The lowest BCUT2D eigenvalue weighted by Crippen LogP contribution is -2.13. The van der Waals surface area contributed by atoms with Crippen LogP contribution in [0.4, 0.5) is 5.95 Å². The third-order valence-corrected chi connectivity index (χ3v) is 4.11. The number of amides is 1. The number of fused-ring (bicyclic) bond motifs is 3. The van der Waals surface area contributed by atoms with E-state index in [-0.39, 0.29) is 11.9 Å². The number of nitrogens with zero attached hydrogens (tertiary/aromatic N) is 4. The Morgan fingerprint density at radius 1 is 1.16 bits per heavy atom. The molecule has 2 heterocycles. The first-order valence-electron chi connectivity index (χ1n) is 7.87. The highest BCUT2D eigenvalue weighted by Crippen LogP contribution is 2.23. The summed E-state index contributed by atoms with van der Waals surface area (Å²) < 4.78 is 1.65. The van der Waals surface area contributed by atoms with E-state index in [4.69, 9.17) is 11.6 Å². The number of halogens is 1. The van der Waals surface area contributed by atoms with Crippen molar-refractivity contribution in [1.29, 1.82) is 0 Å². The molecule has 1 amide bonds. The number of aryl methyl sites for hydroxylation is 1. The maximum atomic E-state index is 12.3. The van der Waals surface area contributed by atoms with Crippen molar-refractivity contribution in [2.75, 3.05) is 5.32 Å². The van der Waals surface area contributed by atoms with E-state index in [1.807, 2.05) is 19.1 Å². The number of aromatic nitrogens is 4. The lowest BCUT2D eigenvalue weighted by molar-refractivity contribution is 0.102. The van der Waals surface area contributed by atoms with E-state index in [0.717, 1.165) is 16.7 Å². The third-order valence-electron chi connectivity index (χ3n) is 3.88. The largest absolute Gasteiger partial charge is 0.289 e. The average Bonchev–Trinajstić information content (AvgIpc) is 3.06. The van der Waals surface area contributed by atoms with Crippen LogP contribution in [-0.4, -0.2) is 25.5 Å². The normalized spacial score (nSPS) is 11.1. The van der Waals surface area contributed by atoms with Gasteiger partial charge in [-0.15, -0.1) is 5.10 Å². The molecular weight excluding hydrogens is 338 g/mol. The first kappa shape index (κ1) is 15.5. The predicted octanol–water partition coefficient (Wildman–Crippen LogP) is 3.75. The molecule has 0 saturated heterocycles. The maximum absolute atomic E-state index is 12.3. The van der Waals surface area contributed by atoms with Crippen LogP contribution in [0.25, 0.3) is 16.6 Å². The third kappa shape index (κ3) is 2.81. The zero-order valence-corrected chi connectivity index (χ0v) is 14.2. The van der Waals surface area contributed by atoms with Gasteiger partial charge in [-0.2, -0.15) is 9.50 Å². The Bertz CT molecular complexity index is 1090. The second-order valence-electron chi connectivity index (χ2n) is 5.53. The van der Waals surface area contributed by atoms with Gasteiger partial charge in [-0.25, -0.2) is 4.98 Å². The molecule has 6 nitrogen and oxygen atoms in total. The molecule has 1 N–H and O–H groups in total. The fraction of sp³-hybridized carbons (Fsp3) is 0.111. The first-order valence-corrected chi connectivity index (χ1v) is 8.25. The minimum atomic E-state index is -0.259. The van der Waals surface area contributed by atoms with E-state index in [0.29, 0.717) is 22.7 Å². The highest BCUT2D eigenvalue weighted by atomic mass is 35.5. The zero-order chi connectivity index (χ0) is 17.4. The summed E-state index contributed by atoms with van der Waals surface area (Å²) in [6.07, 6.45) is 0.685. The van der Waals surface area contributed by atoms with Crippen molar-refractivity contribution in [3.05, 3.63) is 64.9 Å². The molecule has 124 valence electrons. The van der Waals surface area contributed by atoms with Crippen molar-refractivity contribution in [2.45, 2.75) is 13.3 Å². The van der Waals surface area contributed by atoms with Crippen LogP contribution in [0.1, 0.15) is 23.1 Å². The summed E-state index contributed by atoms with van der Waals surface area (Å²) in [6.45, 7) is 1.99. The van der Waals surface area contributed by atoms with Gasteiger partial charge < -0.3 is 0 Å². The average molecular weight is 352 g/mol. The molecule has 0 atom stereocenters. The van der Waals surface area contributed by atoms with E-state index >= 15 is 0 Å². The summed E-state index contributed by atoms with van der Waals surface area (Å²) in [5.41, 5.74) is 1.96. The van der Waals surface area contributed by atoms with Crippen LogP contribution in [0, 0.1) is 0 Å². The van der Waals surface area contributed by atoms with Gasteiger partial charge in [0, 0.05) is 22.4 Å². The number of anilines is 1.